The first-order chi connectivity index (χ1) is 9.20. The number of hydrogen-bond acceptors (Lipinski definition) is 2. The number of nitrogens with one attached hydrogen (secondary N) is 1. The van der Waals surface area contributed by atoms with Crippen LogP contribution in [0.2, 0.25) is 10.0 Å². The first kappa shape index (κ1) is 15.1. The number of hydrogen-bond donors (Lipinski definition) is 1. The Balaban J connectivity index is 1.81. The maximum absolute atomic E-state index is 6.14. The first-order valence-corrected chi connectivity index (χ1v) is 7.74. The van der Waals surface area contributed by atoms with Crippen LogP contribution in [0.5, 0.6) is 0 Å². The molecule has 0 aromatic heterocycles. The van der Waals surface area contributed by atoms with E-state index in [0.29, 0.717) is 28.8 Å². The molecule has 0 amide bonds. The largest absolute Gasteiger partial charge is 0.373 e. The zero-order valence-electron chi connectivity index (χ0n) is 11.3. The standard InChI is InChI=1S/C15H21Cl2NO/c1-2-18-11-6-8-12(9-7-11)19-10-13-14(16)4-3-5-15(13)17/h3-5,11-12,18H,2,6-10H2,1H3. The Hall–Kier alpha value is -0.280. The molecule has 1 aliphatic carbocycles. The van der Waals surface area contributed by atoms with E-state index in [1.54, 1.807) is 0 Å². The molecule has 0 atom stereocenters. The highest BCUT2D eigenvalue weighted by atomic mass is 35.5. The molecule has 1 aromatic carbocycles. The van der Waals surface area contributed by atoms with Crippen LogP contribution in [0, 0.1) is 0 Å². The molecular weight excluding hydrogens is 281 g/mol. The van der Waals surface area contributed by atoms with Crippen LogP contribution >= 0.6 is 23.2 Å². The Morgan fingerprint density at radius 1 is 1.16 bits per heavy atom. The van der Waals surface area contributed by atoms with Crippen molar-refractivity contribution < 1.29 is 4.74 Å². The second-order valence-electron chi connectivity index (χ2n) is 5.04. The zero-order valence-corrected chi connectivity index (χ0v) is 12.8. The summed E-state index contributed by atoms with van der Waals surface area (Å²) >= 11 is 12.3. The predicted octanol–water partition coefficient (Wildman–Crippen LogP) is 4.43. The van der Waals surface area contributed by atoms with E-state index in [4.69, 9.17) is 27.9 Å². The van der Waals surface area contributed by atoms with Crippen LogP contribution in [-0.2, 0) is 11.3 Å². The molecule has 106 valence electrons. The molecule has 1 saturated carbocycles. The van der Waals surface area contributed by atoms with Gasteiger partial charge in [0, 0.05) is 21.7 Å². The summed E-state index contributed by atoms with van der Waals surface area (Å²) < 4.78 is 5.96. The van der Waals surface area contributed by atoms with Crippen LogP contribution in [0.1, 0.15) is 38.2 Å². The van der Waals surface area contributed by atoms with Gasteiger partial charge in [-0.2, -0.15) is 0 Å². The maximum atomic E-state index is 6.14. The van der Waals surface area contributed by atoms with Gasteiger partial charge in [0.05, 0.1) is 12.7 Å². The van der Waals surface area contributed by atoms with E-state index in [9.17, 15) is 0 Å². The van der Waals surface area contributed by atoms with E-state index < -0.39 is 0 Å². The highest BCUT2D eigenvalue weighted by Gasteiger charge is 2.21. The number of halogens is 2. The van der Waals surface area contributed by atoms with E-state index in [1.165, 1.54) is 12.8 Å². The van der Waals surface area contributed by atoms with Crippen LogP contribution < -0.4 is 5.32 Å². The van der Waals surface area contributed by atoms with Gasteiger partial charge in [-0.15, -0.1) is 0 Å². The van der Waals surface area contributed by atoms with Crippen LogP contribution in [0.3, 0.4) is 0 Å². The normalized spacial score (nSPS) is 23.5. The lowest BCUT2D eigenvalue weighted by atomic mass is 9.93. The summed E-state index contributed by atoms with van der Waals surface area (Å²) in [6.07, 6.45) is 4.94. The molecule has 1 N–H and O–H groups in total. The van der Waals surface area contributed by atoms with E-state index >= 15 is 0 Å². The molecule has 0 unspecified atom stereocenters. The number of rotatable bonds is 5. The van der Waals surface area contributed by atoms with Crippen molar-refractivity contribution in [3.63, 3.8) is 0 Å². The molecule has 0 bridgehead atoms. The van der Waals surface area contributed by atoms with Gasteiger partial charge in [-0.3, -0.25) is 0 Å². The summed E-state index contributed by atoms with van der Waals surface area (Å²) in [5.74, 6) is 0. The molecule has 0 heterocycles. The van der Waals surface area contributed by atoms with Crippen molar-refractivity contribution in [3.05, 3.63) is 33.8 Å². The minimum absolute atomic E-state index is 0.335. The minimum atomic E-state index is 0.335. The van der Waals surface area contributed by atoms with Crippen molar-refractivity contribution in [3.8, 4) is 0 Å². The summed E-state index contributed by atoms with van der Waals surface area (Å²) in [6.45, 7) is 3.71. The van der Waals surface area contributed by atoms with Crippen LogP contribution in [0.4, 0.5) is 0 Å². The monoisotopic (exact) mass is 301 g/mol. The van der Waals surface area contributed by atoms with E-state index in [0.717, 1.165) is 24.9 Å². The van der Waals surface area contributed by atoms with Gasteiger partial charge in [-0.1, -0.05) is 36.2 Å². The average Bonchev–Trinajstić information content (AvgIpc) is 2.40. The quantitative estimate of drug-likeness (QED) is 0.868. The third-order valence-electron chi connectivity index (χ3n) is 3.69. The number of ether oxygens (including phenoxy) is 1. The maximum Gasteiger partial charge on any atom is 0.0749 e. The third-order valence-corrected chi connectivity index (χ3v) is 4.40. The van der Waals surface area contributed by atoms with E-state index in [-0.39, 0.29) is 0 Å². The molecule has 19 heavy (non-hydrogen) atoms. The average molecular weight is 302 g/mol. The van der Waals surface area contributed by atoms with Gasteiger partial charge < -0.3 is 10.1 Å². The van der Waals surface area contributed by atoms with Crippen molar-refractivity contribution in [1.29, 1.82) is 0 Å². The van der Waals surface area contributed by atoms with Gasteiger partial charge in [-0.25, -0.2) is 0 Å². The Morgan fingerprint density at radius 2 is 1.79 bits per heavy atom. The molecule has 0 saturated heterocycles. The van der Waals surface area contributed by atoms with Crippen molar-refractivity contribution in [1.82, 2.24) is 5.32 Å². The minimum Gasteiger partial charge on any atom is -0.373 e. The van der Waals surface area contributed by atoms with E-state index in [1.807, 2.05) is 18.2 Å². The van der Waals surface area contributed by atoms with Crippen LogP contribution in [0.15, 0.2) is 18.2 Å². The molecular formula is C15H21Cl2NO. The van der Waals surface area contributed by atoms with Gasteiger partial charge in [0.1, 0.15) is 0 Å². The molecule has 1 fully saturated rings. The first-order valence-electron chi connectivity index (χ1n) is 6.98. The third kappa shape index (κ3) is 4.35. The molecule has 1 aromatic rings. The SMILES string of the molecule is CCNC1CCC(OCc2c(Cl)cccc2Cl)CC1. The molecule has 0 aliphatic heterocycles. The van der Waals surface area contributed by atoms with Gasteiger partial charge in [0.15, 0.2) is 0 Å². The highest BCUT2D eigenvalue weighted by Crippen LogP contribution is 2.27. The molecule has 2 rings (SSSR count). The summed E-state index contributed by atoms with van der Waals surface area (Å²) in [5.41, 5.74) is 0.902. The second-order valence-corrected chi connectivity index (χ2v) is 5.86. The Bertz CT molecular complexity index is 383. The fraction of sp³-hybridized carbons (Fsp3) is 0.600. The molecule has 2 nitrogen and oxygen atoms in total. The van der Waals surface area contributed by atoms with Gasteiger partial charge in [0.2, 0.25) is 0 Å². The smallest absolute Gasteiger partial charge is 0.0749 e. The van der Waals surface area contributed by atoms with Crippen molar-refractivity contribution in [2.45, 2.75) is 51.4 Å². The van der Waals surface area contributed by atoms with Crippen molar-refractivity contribution >= 4 is 23.2 Å². The number of benzene rings is 1. The van der Waals surface area contributed by atoms with Gasteiger partial charge >= 0.3 is 0 Å². The molecule has 0 spiro atoms. The zero-order chi connectivity index (χ0) is 13.7. The summed E-state index contributed by atoms with van der Waals surface area (Å²) in [5, 5.41) is 4.88. The predicted molar refractivity (Wildman–Crippen MR) is 81.0 cm³/mol. The van der Waals surface area contributed by atoms with E-state index in [2.05, 4.69) is 12.2 Å². The van der Waals surface area contributed by atoms with Gasteiger partial charge in [0.25, 0.3) is 0 Å². The van der Waals surface area contributed by atoms with Gasteiger partial charge in [-0.05, 0) is 44.4 Å². The fourth-order valence-electron chi connectivity index (χ4n) is 2.59. The molecule has 0 radical (unpaired) electrons. The Kier molecular flexibility index (Phi) is 5.96. The summed E-state index contributed by atoms with van der Waals surface area (Å²) in [6, 6.07) is 6.23. The summed E-state index contributed by atoms with van der Waals surface area (Å²) in [4.78, 5) is 0. The van der Waals surface area contributed by atoms with Crippen molar-refractivity contribution in [2.24, 2.45) is 0 Å². The Morgan fingerprint density at radius 3 is 2.37 bits per heavy atom. The Labute approximate surface area is 125 Å². The topological polar surface area (TPSA) is 21.3 Å². The lowest BCUT2D eigenvalue weighted by molar-refractivity contribution is 0.0115. The van der Waals surface area contributed by atoms with Crippen LogP contribution in [-0.4, -0.2) is 18.7 Å². The lowest BCUT2D eigenvalue weighted by Crippen LogP contribution is -2.35. The summed E-state index contributed by atoms with van der Waals surface area (Å²) in [7, 11) is 0. The van der Waals surface area contributed by atoms with Crippen molar-refractivity contribution in [2.75, 3.05) is 6.54 Å². The molecule has 1 aliphatic rings. The fourth-order valence-corrected chi connectivity index (χ4v) is 3.10. The highest BCUT2D eigenvalue weighted by molar-refractivity contribution is 6.35. The van der Waals surface area contributed by atoms with Crippen LogP contribution in [0.25, 0.3) is 0 Å². The lowest BCUT2D eigenvalue weighted by Gasteiger charge is -2.29. The second kappa shape index (κ2) is 7.49. The molecule has 4 heteroatoms.